The molecule has 1 fully saturated rings. The monoisotopic (exact) mass is 346 g/mol. The van der Waals surface area contributed by atoms with Crippen LogP contribution in [0.5, 0.6) is 0 Å². The van der Waals surface area contributed by atoms with Crippen LogP contribution in [0, 0.1) is 0 Å². The molecule has 0 aromatic heterocycles. The van der Waals surface area contributed by atoms with Gasteiger partial charge < -0.3 is 21.3 Å². The third kappa shape index (κ3) is 5.74. The predicted octanol–water partition coefficient (Wildman–Crippen LogP) is 2.25. The van der Waals surface area contributed by atoms with Crippen molar-refractivity contribution in [3.8, 4) is 0 Å². The highest BCUT2D eigenvalue weighted by Crippen LogP contribution is 2.23. The number of hydrogen-bond donors (Lipinski definition) is 3. The van der Waals surface area contributed by atoms with Crippen molar-refractivity contribution in [2.75, 3.05) is 23.3 Å². The van der Waals surface area contributed by atoms with Crippen LogP contribution < -0.4 is 21.3 Å². The minimum absolute atomic E-state index is 0.193. The van der Waals surface area contributed by atoms with Gasteiger partial charge in [0.05, 0.1) is 6.04 Å². The highest BCUT2D eigenvalue weighted by molar-refractivity contribution is 5.98. The zero-order valence-electron chi connectivity index (χ0n) is 15.3. The van der Waals surface area contributed by atoms with Gasteiger partial charge in [-0.1, -0.05) is 25.8 Å². The normalized spacial score (nSPS) is 16.4. The van der Waals surface area contributed by atoms with Gasteiger partial charge in [0.25, 0.3) is 0 Å². The first-order valence-electron chi connectivity index (χ1n) is 9.23. The lowest BCUT2D eigenvalue weighted by Gasteiger charge is -2.21. The Morgan fingerprint density at radius 2 is 1.96 bits per heavy atom. The molecule has 4 N–H and O–H groups in total. The molecule has 1 aromatic rings. The van der Waals surface area contributed by atoms with Gasteiger partial charge in [-0.2, -0.15) is 0 Å². The molecule has 2 atom stereocenters. The Balaban J connectivity index is 2.03. The fourth-order valence-electron chi connectivity index (χ4n) is 2.97. The zero-order valence-corrected chi connectivity index (χ0v) is 15.3. The molecule has 1 aliphatic rings. The van der Waals surface area contributed by atoms with Crippen molar-refractivity contribution < 1.29 is 9.59 Å². The van der Waals surface area contributed by atoms with Crippen molar-refractivity contribution >= 4 is 23.2 Å². The average Bonchev–Trinajstić information content (AvgIpc) is 3.13. The summed E-state index contributed by atoms with van der Waals surface area (Å²) in [6, 6.07) is 6.69. The Morgan fingerprint density at radius 3 is 2.60 bits per heavy atom. The SMILES string of the molecule is CCCCC(NC(=O)C(C)N)C(=O)Nc1cccc(N2CCCC2)c1. The Morgan fingerprint density at radius 1 is 1.24 bits per heavy atom. The molecule has 1 heterocycles. The topological polar surface area (TPSA) is 87.5 Å². The number of carbonyl (C=O) groups excluding carboxylic acids is 2. The van der Waals surface area contributed by atoms with Crippen LogP contribution in [0.2, 0.25) is 0 Å². The molecule has 2 rings (SSSR count). The third-order valence-corrected chi connectivity index (χ3v) is 4.48. The first kappa shape index (κ1) is 19.2. The molecule has 1 saturated heterocycles. The van der Waals surface area contributed by atoms with Gasteiger partial charge in [0.1, 0.15) is 6.04 Å². The number of hydrogen-bond acceptors (Lipinski definition) is 4. The van der Waals surface area contributed by atoms with Crippen LogP contribution in [0.3, 0.4) is 0 Å². The quantitative estimate of drug-likeness (QED) is 0.674. The van der Waals surface area contributed by atoms with E-state index >= 15 is 0 Å². The fourth-order valence-corrected chi connectivity index (χ4v) is 2.97. The van der Waals surface area contributed by atoms with Crippen molar-refractivity contribution in [2.24, 2.45) is 5.73 Å². The second kappa shape index (κ2) is 9.42. The van der Waals surface area contributed by atoms with Gasteiger partial charge in [-0.25, -0.2) is 0 Å². The van der Waals surface area contributed by atoms with E-state index in [4.69, 9.17) is 5.73 Å². The van der Waals surface area contributed by atoms with Crippen molar-refractivity contribution in [3.63, 3.8) is 0 Å². The Hall–Kier alpha value is -2.08. The highest BCUT2D eigenvalue weighted by atomic mass is 16.2. The maximum absolute atomic E-state index is 12.6. The molecule has 0 bridgehead atoms. The molecular weight excluding hydrogens is 316 g/mol. The maximum Gasteiger partial charge on any atom is 0.246 e. The molecule has 25 heavy (non-hydrogen) atoms. The van der Waals surface area contributed by atoms with E-state index in [1.807, 2.05) is 18.2 Å². The molecular formula is C19H30N4O2. The van der Waals surface area contributed by atoms with E-state index in [9.17, 15) is 9.59 Å². The molecule has 2 unspecified atom stereocenters. The molecule has 0 aliphatic carbocycles. The van der Waals surface area contributed by atoms with Gasteiger partial charge in [-0.05, 0) is 44.4 Å². The summed E-state index contributed by atoms with van der Waals surface area (Å²) < 4.78 is 0. The number of anilines is 2. The maximum atomic E-state index is 12.6. The van der Waals surface area contributed by atoms with Crippen LogP contribution in [0.1, 0.15) is 46.0 Å². The van der Waals surface area contributed by atoms with Gasteiger partial charge in [-0.3, -0.25) is 9.59 Å². The minimum atomic E-state index is -0.629. The van der Waals surface area contributed by atoms with Crippen LogP contribution in [0.25, 0.3) is 0 Å². The molecule has 1 aromatic carbocycles. The number of nitrogens with zero attached hydrogens (tertiary/aromatic N) is 1. The molecule has 1 aliphatic heterocycles. The van der Waals surface area contributed by atoms with Crippen LogP contribution in [0.4, 0.5) is 11.4 Å². The number of amides is 2. The number of nitrogens with one attached hydrogen (secondary N) is 2. The molecule has 2 amide bonds. The van der Waals surface area contributed by atoms with Gasteiger partial charge in [0.2, 0.25) is 11.8 Å². The first-order valence-corrected chi connectivity index (χ1v) is 9.23. The summed E-state index contributed by atoms with van der Waals surface area (Å²) >= 11 is 0. The summed E-state index contributed by atoms with van der Waals surface area (Å²) in [4.78, 5) is 26.8. The standard InChI is InChI=1S/C19H30N4O2/c1-3-4-10-17(22-18(24)14(2)20)19(25)21-15-8-7-9-16(13-15)23-11-5-6-12-23/h7-9,13-14,17H,3-6,10-12,20H2,1-2H3,(H,21,25)(H,22,24). The highest BCUT2D eigenvalue weighted by Gasteiger charge is 2.22. The first-order chi connectivity index (χ1) is 12.0. The second-order valence-electron chi connectivity index (χ2n) is 6.73. The lowest BCUT2D eigenvalue weighted by atomic mass is 10.1. The van der Waals surface area contributed by atoms with E-state index in [2.05, 4.69) is 28.5 Å². The smallest absolute Gasteiger partial charge is 0.246 e. The van der Waals surface area contributed by atoms with Crippen molar-refractivity contribution in [2.45, 2.75) is 58.0 Å². The van der Waals surface area contributed by atoms with Crippen molar-refractivity contribution in [1.82, 2.24) is 5.32 Å². The molecule has 0 saturated carbocycles. The van der Waals surface area contributed by atoms with Gasteiger partial charge in [-0.15, -0.1) is 0 Å². The molecule has 6 nitrogen and oxygen atoms in total. The van der Waals surface area contributed by atoms with Gasteiger partial charge in [0, 0.05) is 24.5 Å². The van der Waals surface area contributed by atoms with E-state index in [1.54, 1.807) is 6.92 Å². The fraction of sp³-hybridized carbons (Fsp3) is 0.579. The van der Waals surface area contributed by atoms with Crippen LogP contribution in [-0.4, -0.2) is 37.0 Å². The third-order valence-electron chi connectivity index (χ3n) is 4.48. The summed E-state index contributed by atoms with van der Waals surface area (Å²) in [6.07, 6.45) is 4.85. The van der Waals surface area contributed by atoms with Crippen molar-refractivity contribution in [1.29, 1.82) is 0 Å². The van der Waals surface area contributed by atoms with Crippen LogP contribution in [-0.2, 0) is 9.59 Å². The summed E-state index contributed by atoms with van der Waals surface area (Å²) in [7, 11) is 0. The zero-order chi connectivity index (χ0) is 18.2. The van der Waals surface area contributed by atoms with E-state index in [0.717, 1.165) is 37.3 Å². The number of unbranched alkanes of at least 4 members (excludes halogenated alkanes) is 1. The number of rotatable bonds is 8. The second-order valence-corrected chi connectivity index (χ2v) is 6.73. The minimum Gasteiger partial charge on any atom is -0.371 e. The summed E-state index contributed by atoms with van der Waals surface area (Å²) in [6.45, 7) is 5.79. The molecule has 0 radical (unpaired) electrons. The van der Waals surface area contributed by atoms with E-state index < -0.39 is 12.1 Å². The van der Waals surface area contributed by atoms with Gasteiger partial charge >= 0.3 is 0 Å². The number of carbonyl (C=O) groups is 2. The molecule has 6 heteroatoms. The van der Waals surface area contributed by atoms with Crippen LogP contribution in [0.15, 0.2) is 24.3 Å². The average molecular weight is 346 g/mol. The van der Waals surface area contributed by atoms with Gasteiger partial charge in [0.15, 0.2) is 0 Å². The Kier molecular flexibility index (Phi) is 7.25. The van der Waals surface area contributed by atoms with E-state index in [0.29, 0.717) is 6.42 Å². The van der Waals surface area contributed by atoms with E-state index in [1.165, 1.54) is 12.8 Å². The number of benzene rings is 1. The predicted molar refractivity (Wildman–Crippen MR) is 102 cm³/mol. The summed E-state index contributed by atoms with van der Waals surface area (Å²) in [5.74, 6) is -0.497. The Labute approximate surface area is 150 Å². The van der Waals surface area contributed by atoms with Crippen molar-refractivity contribution in [3.05, 3.63) is 24.3 Å². The Bertz CT molecular complexity index is 583. The molecule has 0 spiro atoms. The van der Waals surface area contributed by atoms with E-state index in [-0.39, 0.29) is 11.8 Å². The summed E-state index contributed by atoms with van der Waals surface area (Å²) in [5, 5.41) is 5.69. The van der Waals surface area contributed by atoms with Crippen LogP contribution >= 0.6 is 0 Å². The lowest BCUT2D eigenvalue weighted by Crippen LogP contribution is -2.49. The largest absolute Gasteiger partial charge is 0.371 e. The molecule has 138 valence electrons. The number of nitrogens with two attached hydrogens (primary N) is 1. The summed E-state index contributed by atoms with van der Waals surface area (Å²) in [5.41, 5.74) is 7.49. The lowest BCUT2D eigenvalue weighted by molar-refractivity contribution is -0.127.